The van der Waals surface area contributed by atoms with Gasteiger partial charge in [-0.1, -0.05) is 42.3 Å². The Morgan fingerprint density at radius 2 is 1.86 bits per heavy atom. The second-order valence-electron chi connectivity index (χ2n) is 6.88. The lowest BCUT2D eigenvalue weighted by Gasteiger charge is -2.17. The van der Waals surface area contributed by atoms with Crippen LogP contribution in [0.2, 0.25) is 10.0 Å². The first-order valence-corrected chi connectivity index (χ1v) is 10.9. The van der Waals surface area contributed by atoms with Gasteiger partial charge in [0.2, 0.25) is 0 Å². The predicted molar refractivity (Wildman–Crippen MR) is 121 cm³/mol. The van der Waals surface area contributed by atoms with Crippen molar-refractivity contribution in [2.24, 2.45) is 0 Å². The molecule has 0 aliphatic carbocycles. The van der Waals surface area contributed by atoms with E-state index in [4.69, 9.17) is 27.9 Å². The minimum Gasteiger partial charge on any atom is -0.481 e. The molecule has 0 aliphatic rings. The average Bonchev–Trinajstić information content (AvgIpc) is 3.08. The van der Waals surface area contributed by atoms with Crippen LogP contribution in [0.1, 0.15) is 34.9 Å². The molecule has 1 amide bonds. The maximum absolute atomic E-state index is 12.7. The molecule has 0 saturated carbocycles. The van der Waals surface area contributed by atoms with Gasteiger partial charge in [0.25, 0.3) is 5.91 Å². The maximum atomic E-state index is 12.7. The molecular formula is C22H22Cl2N2O2S. The van der Waals surface area contributed by atoms with Gasteiger partial charge in [-0.2, -0.15) is 0 Å². The van der Waals surface area contributed by atoms with E-state index in [0.29, 0.717) is 33.8 Å². The number of benzene rings is 2. The second kappa shape index (κ2) is 9.61. The lowest BCUT2D eigenvalue weighted by molar-refractivity contribution is -0.122. The molecule has 0 fully saturated rings. The van der Waals surface area contributed by atoms with Crippen molar-refractivity contribution in [3.63, 3.8) is 0 Å². The number of aromatic nitrogens is 1. The Morgan fingerprint density at radius 1 is 1.14 bits per heavy atom. The van der Waals surface area contributed by atoms with Gasteiger partial charge in [0.05, 0.1) is 10.0 Å². The molecule has 2 aromatic carbocycles. The number of carbonyl (C=O) groups is 1. The average molecular weight is 449 g/mol. The summed E-state index contributed by atoms with van der Waals surface area (Å²) in [5.74, 6) is 0.492. The van der Waals surface area contributed by atoms with E-state index >= 15 is 0 Å². The molecular weight excluding hydrogens is 427 g/mol. The van der Waals surface area contributed by atoms with Crippen LogP contribution in [-0.4, -0.2) is 17.0 Å². The second-order valence-corrected chi connectivity index (χ2v) is 8.81. The summed E-state index contributed by atoms with van der Waals surface area (Å²) in [6.45, 7) is 5.93. The van der Waals surface area contributed by atoms with Crippen LogP contribution in [0, 0.1) is 13.8 Å². The van der Waals surface area contributed by atoms with Gasteiger partial charge in [-0.3, -0.25) is 10.1 Å². The van der Waals surface area contributed by atoms with Gasteiger partial charge in [0, 0.05) is 17.5 Å². The van der Waals surface area contributed by atoms with E-state index in [0.717, 1.165) is 21.6 Å². The Labute approximate surface area is 184 Å². The zero-order valence-corrected chi connectivity index (χ0v) is 18.8. The van der Waals surface area contributed by atoms with E-state index in [2.05, 4.69) is 16.4 Å². The minimum atomic E-state index is -0.585. The van der Waals surface area contributed by atoms with E-state index in [9.17, 15) is 4.79 Å². The van der Waals surface area contributed by atoms with Crippen LogP contribution in [0.3, 0.4) is 0 Å². The molecule has 4 nitrogen and oxygen atoms in total. The van der Waals surface area contributed by atoms with Crippen LogP contribution in [0.5, 0.6) is 5.75 Å². The van der Waals surface area contributed by atoms with Crippen LogP contribution in [0.25, 0.3) is 0 Å². The SMILES string of the molecule is CCC(Oc1cc(C)cc(C)c1)C(=O)Nc1ncc(Cc2ccc(Cl)c(Cl)c2)s1. The molecule has 1 unspecified atom stereocenters. The van der Waals surface area contributed by atoms with Gasteiger partial charge in [0.1, 0.15) is 5.75 Å². The highest BCUT2D eigenvalue weighted by atomic mass is 35.5. The van der Waals surface area contributed by atoms with Gasteiger partial charge in [-0.05, 0) is 61.2 Å². The van der Waals surface area contributed by atoms with Gasteiger partial charge in [-0.25, -0.2) is 4.98 Å². The molecule has 0 aliphatic heterocycles. The van der Waals surface area contributed by atoms with E-state index in [-0.39, 0.29) is 5.91 Å². The fraction of sp³-hybridized carbons (Fsp3) is 0.273. The van der Waals surface area contributed by atoms with Crippen molar-refractivity contribution in [1.82, 2.24) is 4.98 Å². The number of nitrogens with one attached hydrogen (secondary N) is 1. The molecule has 7 heteroatoms. The fourth-order valence-corrected chi connectivity index (χ4v) is 4.14. The third-order valence-corrected chi connectivity index (χ3v) is 5.93. The van der Waals surface area contributed by atoms with E-state index in [1.807, 2.05) is 45.0 Å². The van der Waals surface area contributed by atoms with Crippen LogP contribution in [0.4, 0.5) is 5.13 Å². The first kappa shape index (κ1) is 21.6. The zero-order chi connectivity index (χ0) is 21.0. The summed E-state index contributed by atoms with van der Waals surface area (Å²) in [7, 11) is 0. The topological polar surface area (TPSA) is 51.2 Å². The summed E-state index contributed by atoms with van der Waals surface area (Å²) in [5, 5.41) is 4.47. The van der Waals surface area contributed by atoms with E-state index < -0.39 is 6.10 Å². The number of hydrogen-bond acceptors (Lipinski definition) is 4. The van der Waals surface area contributed by atoms with Crippen molar-refractivity contribution in [1.29, 1.82) is 0 Å². The van der Waals surface area contributed by atoms with Crippen molar-refractivity contribution in [3.8, 4) is 5.75 Å². The number of aryl methyl sites for hydroxylation is 2. The van der Waals surface area contributed by atoms with Crippen LogP contribution in [0.15, 0.2) is 42.6 Å². The molecule has 0 saturated heterocycles. The first-order valence-electron chi connectivity index (χ1n) is 9.28. The molecule has 0 radical (unpaired) electrons. The fourth-order valence-electron chi connectivity index (χ4n) is 2.97. The normalized spacial score (nSPS) is 11.9. The highest BCUT2D eigenvalue weighted by Crippen LogP contribution is 2.27. The Hall–Kier alpha value is -2.08. The summed E-state index contributed by atoms with van der Waals surface area (Å²) < 4.78 is 5.92. The third-order valence-electron chi connectivity index (χ3n) is 4.28. The summed E-state index contributed by atoms with van der Waals surface area (Å²) in [4.78, 5) is 18.0. The smallest absolute Gasteiger partial charge is 0.267 e. The van der Waals surface area contributed by atoms with Crippen LogP contribution >= 0.6 is 34.5 Å². The Kier molecular flexibility index (Phi) is 7.17. The van der Waals surface area contributed by atoms with E-state index in [1.54, 1.807) is 12.3 Å². The number of carbonyl (C=O) groups excluding carboxylic acids is 1. The van der Waals surface area contributed by atoms with Gasteiger partial charge < -0.3 is 4.74 Å². The number of thiazole rings is 1. The molecule has 3 rings (SSSR count). The molecule has 1 aromatic heterocycles. The number of amides is 1. The van der Waals surface area contributed by atoms with Gasteiger partial charge in [-0.15, -0.1) is 11.3 Å². The molecule has 1 N–H and O–H groups in total. The molecule has 0 spiro atoms. The zero-order valence-electron chi connectivity index (χ0n) is 16.5. The van der Waals surface area contributed by atoms with Crippen molar-refractivity contribution >= 4 is 45.6 Å². The van der Waals surface area contributed by atoms with Crippen molar-refractivity contribution in [2.75, 3.05) is 5.32 Å². The highest BCUT2D eigenvalue weighted by Gasteiger charge is 2.20. The molecule has 3 aromatic rings. The Balaban J connectivity index is 1.64. The summed E-state index contributed by atoms with van der Waals surface area (Å²) >= 11 is 13.5. The molecule has 0 bridgehead atoms. The number of ether oxygens (including phenoxy) is 1. The number of anilines is 1. The monoisotopic (exact) mass is 448 g/mol. The van der Waals surface area contributed by atoms with E-state index in [1.165, 1.54) is 11.3 Å². The molecule has 1 atom stereocenters. The third kappa shape index (κ3) is 5.95. The summed E-state index contributed by atoms with van der Waals surface area (Å²) in [5.41, 5.74) is 3.23. The number of halogens is 2. The standard InChI is InChI=1S/C22H22Cl2N2O2S/c1-4-20(28-16-8-13(2)7-14(3)9-16)21(27)26-22-25-12-17(29-22)10-15-5-6-18(23)19(24)11-15/h5-9,11-12,20H,4,10H2,1-3H3,(H,25,26,27). The number of nitrogens with zero attached hydrogens (tertiary/aromatic N) is 1. The quantitative estimate of drug-likeness (QED) is 0.451. The first-order chi connectivity index (χ1) is 13.8. The van der Waals surface area contributed by atoms with Crippen LogP contribution < -0.4 is 10.1 Å². The lowest BCUT2D eigenvalue weighted by atomic mass is 10.1. The highest BCUT2D eigenvalue weighted by molar-refractivity contribution is 7.15. The lowest BCUT2D eigenvalue weighted by Crippen LogP contribution is -2.32. The minimum absolute atomic E-state index is 0.206. The largest absolute Gasteiger partial charge is 0.481 e. The van der Waals surface area contributed by atoms with Crippen molar-refractivity contribution < 1.29 is 9.53 Å². The number of hydrogen-bond donors (Lipinski definition) is 1. The predicted octanol–water partition coefficient (Wildman–Crippen LogP) is 6.45. The maximum Gasteiger partial charge on any atom is 0.267 e. The van der Waals surface area contributed by atoms with Gasteiger partial charge in [0.15, 0.2) is 11.2 Å². The summed E-state index contributed by atoms with van der Waals surface area (Å²) in [6.07, 6.45) is 2.40. The molecule has 1 heterocycles. The van der Waals surface area contributed by atoms with Crippen LogP contribution in [-0.2, 0) is 11.2 Å². The molecule has 152 valence electrons. The van der Waals surface area contributed by atoms with Gasteiger partial charge >= 0.3 is 0 Å². The Morgan fingerprint density at radius 3 is 2.52 bits per heavy atom. The van der Waals surface area contributed by atoms with Crippen molar-refractivity contribution in [3.05, 3.63) is 74.2 Å². The number of rotatable bonds is 7. The van der Waals surface area contributed by atoms with Crippen molar-refractivity contribution in [2.45, 2.75) is 39.7 Å². The molecule has 29 heavy (non-hydrogen) atoms. The summed E-state index contributed by atoms with van der Waals surface area (Å²) in [6, 6.07) is 11.5. The Bertz CT molecular complexity index is 1000.